The van der Waals surface area contributed by atoms with Crippen LogP contribution in [0.1, 0.15) is 0 Å². The molecule has 0 aliphatic rings. The molecule has 0 unspecified atom stereocenters. The summed E-state index contributed by atoms with van der Waals surface area (Å²) < 4.78 is 40.5. The largest absolute Gasteiger partial charge is 0.466 e. The van der Waals surface area contributed by atoms with E-state index in [1.807, 2.05) is 0 Å². The Labute approximate surface area is 72.0 Å². The van der Waals surface area contributed by atoms with Crippen LogP contribution in [0.5, 0.6) is 0 Å². The van der Waals surface area contributed by atoms with Gasteiger partial charge in [0.1, 0.15) is 0 Å². The first-order valence-electron chi connectivity index (χ1n) is 1.48. The van der Waals surface area contributed by atoms with Crippen LogP contribution in [0.4, 0.5) is 0 Å². The average Bonchev–Trinajstić information content (AvgIpc) is 1.12. The molecule has 0 heterocycles. The zero-order chi connectivity index (χ0) is 9.00. The van der Waals surface area contributed by atoms with Crippen LogP contribution < -0.4 is 0 Å². The van der Waals surface area contributed by atoms with Crippen molar-refractivity contribution in [2.45, 2.75) is 0 Å². The third-order valence-electron chi connectivity index (χ3n) is 0. The Balaban J connectivity index is -0.000000107. The predicted molar refractivity (Wildman–Crippen MR) is 28.4 cm³/mol. The molecule has 0 aliphatic heterocycles. The van der Waals surface area contributed by atoms with E-state index in [1.165, 1.54) is 0 Å². The van der Waals surface area contributed by atoms with Crippen molar-refractivity contribution in [3.05, 3.63) is 0 Å². The summed E-state index contributed by atoms with van der Waals surface area (Å²) in [5, 5.41) is 0. The first kappa shape index (κ1) is 17.5. The van der Waals surface area contributed by atoms with Gasteiger partial charge in [-0.2, -0.15) is 8.42 Å². The van der Waals surface area contributed by atoms with Gasteiger partial charge in [-0.1, -0.05) is 0 Å². The summed E-state index contributed by atoms with van der Waals surface area (Å²) in [5.74, 6) is 0. The van der Waals surface area contributed by atoms with E-state index in [2.05, 4.69) is 0 Å². The van der Waals surface area contributed by atoms with E-state index in [0.717, 1.165) is 0 Å². The van der Waals surface area contributed by atoms with Crippen LogP contribution in [0, 0.1) is 0 Å². The number of phosphoric acid groups is 1. The fourth-order valence-corrected chi connectivity index (χ4v) is 0. The third-order valence-corrected chi connectivity index (χ3v) is 0. The number of hydrogen-bond acceptors (Lipinski definition) is 3. The Hall–Kier alpha value is 0.474. The van der Waals surface area contributed by atoms with Gasteiger partial charge < -0.3 is 14.7 Å². The van der Waals surface area contributed by atoms with Crippen LogP contribution in [0.25, 0.3) is 0 Å². The molecule has 0 aromatic heterocycles. The maximum absolute atomic E-state index is 8.88. The second-order valence-corrected chi connectivity index (χ2v) is 2.88. The molecular formula is H5NiO8PS. The summed E-state index contributed by atoms with van der Waals surface area (Å²) in [6.45, 7) is 0. The van der Waals surface area contributed by atoms with Gasteiger partial charge in [-0.15, -0.1) is 0 Å². The molecule has 0 fully saturated rings. The van der Waals surface area contributed by atoms with Crippen LogP contribution in [0.3, 0.4) is 0 Å². The molecule has 0 spiro atoms. The van der Waals surface area contributed by atoms with E-state index in [0.29, 0.717) is 0 Å². The first-order chi connectivity index (χ1) is 4.00. The van der Waals surface area contributed by atoms with Crippen molar-refractivity contribution in [3.8, 4) is 0 Å². The van der Waals surface area contributed by atoms with E-state index < -0.39 is 18.2 Å². The van der Waals surface area contributed by atoms with Crippen molar-refractivity contribution < 1.29 is 53.3 Å². The molecule has 0 aromatic rings. The van der Waals surface area contributed by atoms with Crippen LogP contribution in [-0.4, -0.2) is 32.2 Å². The monoisotopic (exact) mass is 254 g/mol. The molecule has 11 heavy (non-hydrogen) atoms. The topological polar surface area (TPSA) is 152 Å². The van der Waals surface area contributed by atoms with Crippen LogP contribution in [0.2, 0.25) is 0 Å². The second kappa shape index (κ2) is 6.04. The summed E-state index contributed by atoms with van der Waals surface area (Å²) in [4.78, 5) is 21.6. The molecule has 5 N–H and O–H groups in total. The number of hydrogen-bond donors (Lipinski definition) is 5. The van der Waals surface area contributed by atoms with E-state index in [4.69, 9.17) is 36.8 Å². The van der Waals surface area contributed by atoms with Crippen LogP contribution in [-0.2, 0) is 31.5 Å². The van der Waals surface area contributed by atoms with Crippen molar-refractivity contribution in [3.63, 3.8) is 0 Å². The molecule has 0 aliphatic carbocycles. The molecule has 0 atom stereocenters. The number of rotatable bonds is 0. The predicted octanol–water partition coefficient (Wildman–Crippen LogP) is -1.58. The fourth-order valence-electron chi connectivity index (χ4n) is 0. The zero-order valence-electron chi connectivity index (χ0n) is 4.63. The quantitative estimate of drug-likeness (QED) is 0.197. The van der Waals surface area contributed by atoms with Crippen LogP contribution >= 0.6 is 7.82 Å². The molecular weight excluding hydrogens is 250 g/mol. The zero-order valence-corrected chi connectivity index (χ0v) is 7.33. The Kier molecular flexibility index (Phi) is 9.63. The first-order valence-corrected chi connectivity index (χ1v) is 4.44. The minimum absolute atomic E-state index is 0. The standard InChI is InChI=1S/Ni.H3O4P.H2O4S/c;2*1-5(2,3)4/h;(H3,1,2,3,4);(H2,1,2,3,4). The van der Waals surface area contributed by atoms with Crippen molar-refractivity contribution in [1.29, 1.82) is 0 Å². The minimum Gasteiger partial charge on any atom is -0.303 e. The van der Waals surface area contributed by atoms with E-state index in [1.54, 1.807) is 0 Å². The summed E-state index contributed by atoms with van der Waals surface area (Å²) in [6.07, 6.45) is 0. The van der Waals surface area contributed by atoms with Crippen molar-refractivity contribution in [1.82, 2.24) is 0 Å². The van der Waals surface area contributed by atoms with Gasteiger partial charge >= 0.3 is 18.2 Å². The van der Waals surface area contributed by atoms with Gasteiger partial charge in [-0.3, -0.25) is 9.11 Å². The van der Waals surface area contributed by atoms with E-state index in [-0.39, 0.29) is 16.5 Å². The normalized spacial score (nSPS) is 10.6. The third kappa shape index (κ3) is 3350. The SMILES string of the molecule is O=P(O)(O)O.O=S(=O)(O)O.[Ni]. The Morgan fingerprint density at radius 3 is 1.00 bits per heavy atom. The Morgan fingerprint density at radius 1 is 1.00 bits per heavy atom. The van der Waals surface area contributed by atoms with Gasteiger partial charge in [0.25, 0.3) is 0 Å². The van der Waals surface area contributed by atoms with Crippen LogP contribution in [0.15, 0.2) is 0 Å². The Bertz CT molecular complexity index is 192. The molecule has 0 bridgehead atoms. The molecule has 8 nitrogen and oxygen atoms in total. The second-order valence-electron chi connectivity index (χ2n) is 0.961. The summed E-state index contributed by atoms with van der Waals surface area (Å²) in [7, 11) is -9.31. The summed E-state index contributed by atoms with van der Waals surface area (Å²) in [5.41, 5.74) is 0. The van der Waals surface area contributed by atoms with Gasteiger partial charge in [-0.05, 0) is 0 Å². The van der Waals surface area contributed by atoms with Crippen molar-refractivity contribution >= 4 is 18.2 Å². The van der Waals surface area contributed by atoms with Gasteiger partial charge in [0.05, 0.1) is 0 Å². The molecule has 0 amide bonds. The maximum atomic E-state index is 8.88. The molecule has 0 saturated heterocycles. The molecule has 0 radical (unpaired) electrons. The van der Waals surface area contributed by atoms with E-state index >= 15 is 0 Å². The molecule has 0 aromatic carbocycles. The minimum atomic E-state index is -4.67. The van der Waals surface area contributed by atoms with Gasteiger partial charge in [0, 0.05) is 16.5 Å². The molecule has 11 heteroatoms. The van der Waals surface area contributed by atoms with Gasteiger partial charge in [-0.25, -0.2) is 4.57 Å². The van der Waals surface area contributed by atoms with Crippen molar-refractivity contribution in [2.24, 2.45) is 0 Å². The fraction of sp³-hybridized carbons (Fsp3) is 0. The van der Waals surface area contributed by atoms with E-state index in [9.17, 15) is 0 Å². The summed E-state index contributed by atoms with van der Waals surface area (Å²) in [6, 6.07) is 0. The molecule has 0 rings (SSSR count). The van der Waals surface area contributed by atoms with Gasteiger partial charge in [0.15, 0.2) is 0 Å². The summed E-state index contributed by atoms with van der Waals surface area (Å²) >= 11 is 0. The average molecular weight is 255 g/mol. The Morgan fingerprint density at radius 2 is 1.00 bits per heavy atom. The maximum Gasteiger partial charge on any atom is 0.466 e. The smallest absolute Gasteiger partial charge is 0.303 e. The molecule has 0 saturated carbocycles. The van der Waals surface area contributed by atoms with Gasteiger partial charge in [0.2, 0.25) is 0 Å². The van der Waals surface area contributed by atoms with Crippen molar-refractivity contribution in [2.75, 3.05) is 0 Å². The molecule has 74 valence electrons.